The quantitative estimate of drug-likeness (QED) is 0.499. The molecule has 0 radical (unpaired) electrons. The number of rotatable bonds is 5. The van der Waals surface area contributed by atoms with Crippen LogP contribution in [-0.2, 0) is 10.9 Å². The molecule has 0 heterocycles. The molecule has 3 N–H and O–H groups in total. The summed E-state index contributed by atoms with van der Waals surface area (Å²) in [6, 6.07) is 3.29. The molecular formula is C14H19F3N2O2. The van der Waals surface area contributed by atoms with Gasteiger partial charge in [0.05, 0.1) is 17.8 Å². The molecule has 1 rings (SSSR count). The van der Waals surface area contributed by atoms with Gasteiger partial charge in [0.2, 0.25) is 0 Å². The first kappa shape index (κ1) is 17.3. The van der Waals surface area contributed by atoms with Gasteiger partial charge in [-0.25, -0.2) is 0 Å². The van der Waals surface area contributed by atoms with Crippen LogP contribution in [0.5, 0.6) is 5.75 Å². The Morgan fingerprint density at radius 3 is 2.29 bits per heavy atom. The second-order valence-corrected chi connectivity index (χ2v) is 5.43. The average Bonchev–Trinajstić information content (AvgIpc) is 2.32. The van der Waals surface area contributed by atoms with E-state index in [0.29, 0.717) is 0 Å². The summed E-state index contributed by atoms with van der Waals surface area (Å²) >= 11 is 0. The van der Waals surface area contributed by atoms with Gasteiger partial charge in [-0.15, -0.1) is 0 Å². The molecule has 0 spiro atoms. The number of hydrogen-bond donors (Lipinski definition) is 2. The van der Waals surface area contributed by atoms with E-state index in [4.69, 9.17) is 20.6 Å². The average molecular weight is 304 g/mol. The zero-order valence-corrected chi connectivity index (χ0v) is 12.2. The van der Waals surface area contributed by atoms with Gasteiger partial charge in [-0.2, -0.15) is 13.2 Å². The molecule has 7 heteroatoms. The standard InChI is InChI=1S/C14H19F3N2O2/c1-13(2,3)21-7-6-20-11-5-4-9(12(18)19)8-10(11)14(15,16)17/h4-5,8H,6-7H2,1-3H3,(H3,18,19). The van der Waals surface area contributed by atoms with Gasteiger partial charge in [0.25, 0.3) is 0 Å². The molecule has 1 aromatic carbocycles. The van der Waals surface area contributed by atoms with Crippen LogP contribution >= 0.6 is 0 Å². The lowest BCUT2D eigenvalue weighted by molar-refractivity contribution is -0.139. The van der Waals surface area contributed by atoms with Crippen molar-refractivity contribution in [3.8, 4) is 5.75 Å². The van der Waals surface area contributed by atoms with Crippen molar-refractivity contribution in [3.63, 3.8) is 0 Å². The van der Waals surface area contributed by atoms with Crippen LogP contribution in [-0.4, -0.2) is 24.7 Å². The van der Waals surface area contributed by atoms with E-state index < -0.39 is 17.6 Å². The number of nitrogens with one attached hydrogen (secondary N) is 1. The van der Waals surface area contributed by atoms with Crippen LogP contribution in [0, 0.1) is 5.41 Å². The molecule has 0 fully saturated rings. The predicted molar refractivity (Wildman–Crippen MR) is 73.7 cm³/mol. The number of ether oxygens (including phenoxy) is 2. The van der Waals surface area contributed by atoms with Crippen molar-refractivity contribution in [1.29, 1.82) is 5.41 Å². The minimum Gasteiger partial charge on any atom is -0.491 e. The molecule has 0 aliphatic rings. The molecule has 21 heavy (non-hydrogen) atoms. The van der Waals surface area contributed by atoms with E-state index in [9.17, 15) is 13.2 Å². The summed E-state index contributed by atoms with van der Waals surface area (Å²) in [4.78, 5) is 0. The number of alkyl halides is 3. The topological polar surface area (TPSA) is 68.3 Å². The fourth-order valence-electron chi connectivity index (χ4n) is 1.54. The molecule has 0 amide bonds. The second kappa shape index (κ2) is 6.34. The van der Waals surface area contributed by atoms with Crippen molar-refractivity contribution < 1.29 is 22.6 Å². The van der Waals surface area contributed by atoms with E-state index in [1.807, 2.05) is 20.8 Å². The predicted octanol–water partition coefficient (Wildman–Crippen LogP) is 3.18. The van der Waals surface area contributed by atoms with Gasteiger partial charge in [0.1, 0.15) is 18.2 Å². The molecule has 0 bridgehead atoms. The first-order valence-corrected chi connectivity index (χ1v) is 6.33. The molecule has 0 saturated heterocycles. The highest BCUT2D eigenvalue weighted by Gasteiger charge is 2.34. The first-order chi connectivity index (χ1) is 9.50. The van der Waals surface area contributed by atoms with Crippen molar-refractivity contribution in [1.82, 2.24) is 0 Å². The largest absolute Gasteiger partial charge is 0.491 e. The number of hydrogen-bond acceptors (Lipinski definition) is 3. The van der Waals surface area contributed by atoms with Gasteiger partial charge in [-0.05, 0) is 39.0 Å². The zero-order chi connectivity index (χ0) is 16.3. The highest BCUT2D eigenvalue weighted by Crippen LogP contribution is 2.36. The maximum Gasteiger partial charge on any atom is 0.419 e. The highest BCUT2D eigenvalue weighted by molar-refractivity contribution is 5.95. The van der Waals surface area contributed by atoms with Crippen LogP contribution in [0.2, 0.25) is 0 Å². The van der Waals surface area contributed by atoms with E-state index in [2.05, 4.69) is 0 Å². The monoisotopic (exact) mass is 304 g/mol. The van der Waals surface area contributed by atoms with E-state index in [-0.39, 0.29) is 30.1 Å². The third kappa shape index (κ3) is 5.63. The van der Waals surface area contributed by atoms with Crippen LogP contribution in [0.15, 0.2) is 18.2 Å². The molecule has 4 nitrogen and oxygen atoms in total. The van der Waals surface area contributed by atoms with Gasteiger partial charge in [0.15, 0.2) is 0 Å². The maximum absolute atomic E-state index is 13.0. The Labute approximate surface area is 121 Å². The van der Waals surface area contributed by atoms with Gasteiger partial charge in [0, 0.05) is 5.56 Å². The van der Waals surface area contributed by atoms with Crippen molar-refractivity contribution in [2.24, 2.45) is 5.73 Å². The minimum absolute atomic E-state index is 0.000230. The Balaban J connectivity index is 2.84. The van der Waals surface area contributed by atoms with Gasteiger partial charge in [-0.1, -0.05) is 0 Å². The molecule has 0 saturated carbocycles. The zero-order valence-electron chi connectivity index (χ0n) is 12.2. The molecule has 1 aromatic rings. The Kier molecular flexibility index (Phi) is 5.22. The minimum atomic E-state index is -4.58. The lowest BCUT2D eigenvalue weighted by atomic mass is 10.1. The Hall–Kier alpha value is -1.76. The first-order valence-electron chi connectivity index (χ1n) is 6.33. The Bertz CT molecular complexity index is 508. The smallest absolute Gasteiger partial charge is 0.419 e. The summed E-state index contributed by atoms with van der Waals surface area (Å²) in [5.41, 5.74) is 3.87. The summed E-state index contributed by atoms with van der Waals surface area (Å²) < 4.78 is 49.4. The normalized spacial score (nSPS) is 12.3. The lowest BCUT2D eigenvalue weighted by Gasteiger charge is -2.20. The van der Waals surface area contributed by atoms with Gasteiger partial charge >= 0.3 is 6.18 Å². The van der Waals surface area contributed by atoms with E-state index in [0.717, 1.165) is 12.1 Å². The van der Waals surface area contributed by atoms with Crippen LogP contribution in [0.3, 0.4) is 0 Å². The third-order valence-corrected chi connectivity index (χ3v) is 2.47. The number of halogens is 3. The lowest BCUT2D eigenvalue weighted by Crippen LogP contribution is -2.23. The maximum atomic E-state index is 13.0. The highest BCUT2D eigenvalue weighted by atomic mass is 19.4. The van der Waals surface area contributed by atoms with Crippen LogP contribution in [0.25, 0.3) is 0 Å². The second-order valence-electron chi connectivity index (χ2n) is 5.43. The van der Waals surface area contributed by atoms with E-state index in [1.165, 1.54) is 6.07 Å². The number of amidine groups is 1. The van der Waals surface area contributed by atoms with E-state index >= 15 is 0 Å². The fourth-order valence-corrected chi connectivity index (χ4v) is 1.54. The summed E-state index contributed by atoms with van der Waals surface area (Å²) in [5.74, 6) is -0.729. The number of benzene rings is 1. The molecule has 0 aliphatic carbocycles. The van der Waals surface area contributed by atoms with E-state index in [1.54, 1.807) is 0 Å². The summed E-state index contributed by atoms with van der Waals surface area (Å²) in [7, 11) is 0. The SMILES string of the molecule is CC(C)(C)OCCOc1ccc(C(=N)N)cc1C(F)(F)F. The fraction of sp³-hybridized carbons (Fsp3) is 0.500. The summed E-state index contributed by atoms with van der Waals surface area (Å²) in [6.07, 6.45) is -4.58. The Morgan fingerprint density at radius 1 is 1.19 bits per heavy atom. The third-order valence-electron chi connectivity index (χ3n) is 2.47. The van der Waals surface area contributed by atoms with Crippen molar-refractivity contribution in [2.45, 2.75) is 32.5 Å². The van der Waals surface area contributed by atoms with Crippen molar-refractivity contribution >= 4 is 5.84 Å². The number of nitrogen functional groups attached to an aromatic ring is 1. The molecule has 0 unspecified atom stereocenters. The number of nitrogens with two attached hydrogens (primary N) is 1. The van der Waals surface area contributed by atoms with Gasteiger partial charge < -0.3 is 15.2 Å². The van der Waals surface area contributed by atoms with Crippen molar-refractivity contribution in [2.75, 3.05) is 13.2 Å². The molecular weight excluding hydrogens is 285 g/mol. The molecule has 0 atom stereocenters. The Morgan fingerprint density at radius 2 is 1.81 bits per heavy atom. The molecule has 0 aromatic heterocycles. The van der Waals surface area contributed by atoms with Crippen LogP contribution in [0.4, 0.5) is 13.2 Å². The van der Waals surface area contributed by atoms with Gasteiger partial charge in [-0.3, -0.25) is 5.41 Å². The summed E-state index contributed by atoms with van der Waals surface area (Å²) in [5, 5.41) is 7.19. The molecule has 0 aliphatic heterocycles. The van der Waals surface area contributed by atoms with Crippen LogP contribution < -0.4 is 10.5 Å². The van der Waals surface area contributed by atoms with Crippen molar-refractivity contribution in [3.05, 3.63) is 29.3 Å². The molecule has 118 valence electrons. The summed E-state index contributed by atoms with van der Waals surface area (Å²) in [6.45, 7) is 5.70. The van der Waals surface area contributed by atoms with Crippen LogP contribution in [0.1, 0.15) is 31.9 Å².